The summed E-state index contributed by atoms with van der Waals surface area (Å²) in [6, 6.07) is 4.57. The zero-order valence-electron chi connectivity index (χ0n) is 11.8. The number of aryl methyl sites for hydroxylation is 1. The van der Waals surface area contributed by atoms with Crippen LogP contribution >= 0.6 is 0 Å². The van der Waals surface area contributed by atoms with E-state index in [2.05, 4.69) is 34.4 Å². The fourth-order valence-electron chi connectivity index (χ4n) is 3.14. The van der Waals surface area contributed by atoms with Crippen molar-refractivity contribution in [3.05, 3.63) is 24.2 Å². The fourth-order valence-corrected chi connectivity index (χ4v) is 3.14. The lowest BCUT2D eigenvalue weighted by molar-refractivity contribution is 0.185. The Hall–Kier alpha value is -1.42. The zero-order valence-corrected chi connectivity index (χ0v) is 11.8. The second-order valence-electron chi connectivity index (χ2n) is 5.29. The minimum absolute atomic E-state index is 0.531. The first kappa shape index (κ1) is 12.6. The smallest absolute Gasteiger partial charge is 0.160 e. The lowest BCUT2D eigenvalue weighted by Crippen LogP contribution is -2.36. The Labute approximate surface area is 114 Å². The van der Waals surface area contributed by atoms with Crippen molar-refractivity contribution in [3.8, 4) is 0 Å². The van der Waals surface area contributed by atoms with Crippen LogP contribution in [-0.4, -0.2) is 39.1 Å². The Balaban J connectivity index is 2.02. The number of rotatable bonds is 3. The van der Waals surface area contributed by atoms with Crippen LogP contribution in [0.25, 0.3) is 11.2 Å². The third-order valence-corrected chi connectivity index (χ3v) is 4.13. The average Bonchev–Trinajstić information content (AvgIpc) is 2.85. The van der Waals surface area contributed by atoms with Gasteiger partial charge in [0.05, 0.1) is 0 Å². The molecule has 102 valence electrons. The number of aromatic nitrogens is 3. The summed E-state index contributed by atoms with van der Waals surface area (Å²) in [6.07, 6.45) is 5.36. The molecular formula is C15H22N4. The molecule has 0 saturated carbocycles. The predicted octanol–water partition coefficient (Wildman–Crippen LogP) is 2.65. The van der Waals surface area contributed by atoms with Gasteiger partial charge in [0, 0.05) is 25.2 Å². The number of imidazole rings is 1. The molecule has 2 aromatic heterocycles. The van der Waals surface area contributed by atoms with E-state index in [-0.39, 0.29) is 0 Å². The van der Waals surface area contributed by atoms with E-state index >= 15 is 0 Å². The number of hydrogen-bond acceptors (Lipinski definition) is 3. The molecule has 0 aliphatic carbocycles. The molecule has 0 N–H and O–H groups in total. The molecule has 4 heteroatoms. The van der Waals surface area contributed by atoms with Crippen LogP contribution in [0.5, 0.6) is 0 Å². The summed E-state index contributed by atoms with van der Waals surface area (Å²) in [5.74, 6) is 1.18. The van der Waals surface area contributed by atoms with Gasteiger partial charge in [-0.3, -0.25) is 0 Å². The van der Waals surface area contributed by atoms with Crippen molar-refractivity contribution in [1.82, 2.24) is 19.4 Å². The molecule has 4 nitrogen and oxygen atoms in total. The molecule has 3 rings (SSSR count). The van der Waals surface area contributed by atoms with Crippen molar-refractivity contribution < 1.29 is 0 Å². The number of hydrogen-bond donors (Lipinski definition) is 0. The van der Waals surface area contributed by atoms with Crippen LogP contribution in [0, 0.1) is 0 Å². The zero-order chi connectivity index (χ0) is 13.2. The molecule has 1 unspecified atom stereocenters. The van der Waals surface area contributed by atoms with Crippen LogP contribution in [0.2, 0.25) is 0 Å². The maximum atomic E-state index is 4.74. The van der Waals surface area contributed by atoms with Gasteiger partial charge in [-0.2, -0.15) is 0 Å². The highest BCUT2D eigenvalue weighted by Gasteiger charge is 2.24. The summed E-state index contributed by atoms with van der Waals surface area (Å²) >= 11 is 0. The van der Waals surface area contributed by atoms with Crippen molar-refractivity contribution in [1.29, 1.82) is 0 Å². The standard InChI is InChI=1S/C15H22N4/c1-3-14-17-13-8-5-9-16-15(13)19(14)12-7-6-10-18(4-2)11-12/h5,8-9,12H,3-4,6-7,10-11H2,1-2H3. The van der Waals surface area contributed by atoms with Crippen molar-refractivity contribution in [2.24, 2.45) is 0 Å². The molecule has 1 saturated heterocycles. The van der Waals surface area contributed by atoms with Crippen molar-refractivity contribution in [3.63, 3.8) is 0 Å². The molecule has 1 atom stereocenters. The number of nitrogens with zero attached hydrogens (tertiary/aromatic N) is 4. The van der Waals surface area contributed by atoms with E-state index in [0.717, 1.165) is 30.7 Å². The van der Waals surface area contributed by atoms with Gasteiger partial charge in [0.1, 0.15) is 11.3 Å². The summed E-state index contributed by atoms with van der Waals surface area (Å²) in [6.45, 7) is 7.92. The first-order chi connectivity index (χ1) is 9.33. The van der Waals surface area contributed by atoms with Crippen molar-refractivity contribution in [2.45, 2.75) is 39.2 Å². The Morgan fingerprint density at radius 1 is 1.37 bits per heavy atom. The van der Waals surface area contributed by atoms with Gasteiger partial charge in [-0.1, -0.05) is 13.8 Å². The molecule has 0 bridgehead atoms. The first-order valence-electron chi connectivity index (χ1n) is 7.37. The van der Waals surface area contributed by atoms with E-state index in [1.165, 1.54) is 25.2 Å². The molecule has 1 aliphatic rings. The van der Waals surface area contributed by atoms with E-state index in [1.807, 2.05) is 12.3 Å². The minimum atomic E-state index is 0.531. The molecule has 0 aromatic carbocycles. The monoisotopic (exact) mass is 258 g/mol. The lowest BCUT2D eigenvalue weighted by Gasteiger charge is -2.33. The number of pyridine rings is 1. The molecule has 1 aliphatic heterocycles. The van der Waals surface area contributed by atoms with Gasteiger partial charge in [0.2, 0.25) is 0 Å². The van der Waals surface area contributed by atoms with E-state index in [9.17, 15) is 0 Å². The quantitative estimate of drug-likeness (QED) is 0.848. The maximum absolute atomic E-state index is 4.74. The van der Waals surface area contributed by atoms with Crippen LogP contribution in [0.4, 0.5) is 0 Å². The molecular weight excluding hydrogens is 236 g/mol. The normalized spacial score (nSPS) is 21.1. The van der Waals surface area contributed by atoms with Crippen LogP contribution < -0.4 is 0 Å². The highest BCUT2D eigenvalue weighted by Crippen LogP contribution is 2.27. The Bertz CT molecular complexity index is 560. The van der Waals surface area contributed by atoms with E-state index in [1.54, 1.807) is 0 Å². The first-order valence-corrected chi connectivity index (χ1v) is 7.37. The van der Waals surface area contributed by atoms with Gasteiger partial charge in [-0.25, -0.2) is 9.97 Å². The Morgan fingerprint density at radius 2 is 2.26 bits per heavy atom. The van der Waals surface area contributed by atoms with Crippen LogP contribution in [0.1, 0.15) is 38.6 Å². The number of likely N-dealkylation sites (N-methyl/N-ethyl adjacent to an activating group) is 1. The molecule has 2 aromatic rings. The highest BCUT2D eigenvalue weighted by atomic mass is 15.2. The van der Waals surface area contributed by atoms with Gasteiger partial charge >= 0.3 is 0 Å². The summed E-state index contributed by atoms with van der Waals surface area (Å²) in [4.78, 5) is 11.8. The minimum Gasteiger partial charge on any atom is -0.308 e. The van der Waals surface area contributed by atoms with Crippen molar-refractivity contribution in [2.75, 3.05) is 19.6 Å². The molecule has 0 radical (unpaired) electrons. The highest BCUT2D eigenvalue weighted by molar-refractivity contribution is 5.71. The number of likely N-dealkylation sites (tertiary alicyclic amines) is 1. The third kappa shape index (κ3) is 2.25. The lowest BCUT2D eigenvalue weighted by atomic mass is 10.1. The van der Waals surface area contributed by atoms with Gasteiger partial charge in [0.15, 0.2) is 5.65 Å². The molecule has 1 fully saturated rings. The topological polar surface area (TPSA) is 34.0 Å². The van der Waals surface area contributed by atoms with Gasteiger partial charge in [-0.05, 0) is 38.1 Å². The number of fused-ring (bicyclic) bond motifs is 1. The summed E-state index contributed by atoms with van der Waals surface area (Å²) in [5, 5.41) is 0. The van der Waals surface area contributed by atoms with Crippen LogP contribution in [-0.2, 0) is 6.42 Å². The predicted molar refractivity (Wildman–Crippen MR) is 77.3 cm³/mol. The molecule has 19 heavy (non-hydrogen) atoms. The average molecular weight is 258 g/mol. The Morgan fingerprint density at radius 3 is 3.05 bits per heavy atom. The Kier molecular flexibility index (Phi) is 3.51. The van der Waals surface area contributed by atoms with E-state index in [0.29, 0.717) is 6.04 Å². The molecule has 0 amide bonds. The summed E-state index contributed by atoms with van der Waals surface area (Å²) in [5.41, 5.74) is 2.09. The SMILES string of the molecule is CCc1nc2cccnc2n1C1CCCN(CC)C1. The summed E-state index contributed by atoms with van der Waals surface area (Å²) in [7, 11) is 0. The van der Waals surface area contributed by atoms with Gasteiger partial charge in [-0.15, -0.1) is 0 Å². The van der Waals surface area contributed by atoms with E-state index < -0.39 is 0 Å². The van der Waals surface area contributed by atoms with Gasteiger partial charge in [0.25, 0.3) is 0 Å². The summed E-state index contributed by atoms with van der Waals surface area (Å²) < 4.78 is 2.39. The third-order valence-electron chi connectivity index (χ3n) is 4.13. The van der Waals surface area contributed by atoms with Crippen LogP contribution in [0.15, 0.2) is 18.3 Å². The molecule has 3 heterocycles. The second kappa shape index (κ2) is 5.29. The van der Waals surface area contributed by atoms with Crippen LogP contribution in [0.3, 0.4) is 0 Å². The number of piperidine rings is 1. The second-order valence-corrected chi connectivity index (χ2v) is 5.29. The largest absolute Gasteiger partial charge is 0.308 e. The maximum Gasteiger partial charge on any atom is 0.160 e. The van der Waals surface area contributed by atoms with E-state index in [4.69, 9.17) is 4.98 Å². The van der Waals surface area contributed by atoms with Gasteiger partial charge < -0.3 is 9.47 Å². The molecule has 0 spiro atoms. The fraction of sp³-hybridized carbons (Fsp3) is 0.600. The van der Waals surface area contributed by atoms with Crippen molar-refractivity contribution >= 4 is 11.2 Å².